The highest BCUT2D eigenvalue weighted by atomic mass is 16.5. The Bertz CT molecular complexity index is 692. The van der Waals surface area contributed by atoms with E-state index in [9.17, 15) is 19.2 Å². The third kappa shape index (κ3) is 8.66. The number of carbonyl (C=O) groups excluding carboxylic acids is 4. The van der Waals surface area contributed by atoms with Gasteiger partial charge < -0.3 is 20.1 Å². The third-order valence-electron chi connectivity index (χ3n) is 3.88. The largest absolute Gasteiger partial charge is 0.469 e. The molecule has 2 N–H and O–H groups in total. The lowest BCUT2D eigenvalue weighted by atomic mass is 9.87. The van der Waals surface area contributed by atoms with E-state index in [-0.39, 0.29) is 30.9 Å². The van der Waals surface area contributed by atoms with E-state index in [1.165, 1.54) is 7.11 Å². The van der Waals surface area contributed by atoms with E-state index in [2.05, 4.69) is 36.1 Å². The molecule has 0 aliphatic carbocycles. The van der Waals surface area contributed by atoms with E-state index in [1.807, 2.05) is 12.1 Å². The minimum atomic E-state index is -0.718. The highest BCUT2D eigenvalue weighted by molar-refractivity contribution is 5.96. The van der Waals surface area contributed by atoms with Gasteiger partial charge in [0.1, 0.15) is 6.54 Å². The number of benzene rings is 1. The van der Waals surface area contributed by atoms with Crippen LogP contribution < -0.4 is 10.6 Å². The average Bonchev–Trinajstić information content (AvgIpc) is 2.66. The predicted molar refractivity (Wildman–Crippen MR) is 103 cm³/mol. The summed E-state index contributed by atoms with van der Waals surface area (Å²) in [6, 6.07) is 7.14. The second-order valence-electron chi connectivity index (χ2n) is 7.20. The highest BCUT2D eigenvalue weighted by Gasteiger charge is 2.15. The normalized spacial score (nSPS) is 10.7. The Hall–Kier alpha value is -2.90. The van der Waals surface area contributed by atoms with E-state index in [1.54, 1.807) is 12.1 Å². The van der Waals surface area contributed by atoms with Crippen molar-refractivity contribution >= 4 is 23.8 Å². The number of amides is 2. The molecule has 0 spiro atoms. The number of hydrogen-bond donors (Lipinski definition) is 2. The van der Waals surface area contributed by atoms with E-state index in [0.29, 0.717) is 12.0 Å². The summed E-state index contributed by atoms with van der Waals surface area (Å²) in [5.74, 6) is -1.96. The summed E-state index contributed by atoms with van der Waals surface area (Å²) in [6.07, 6.45) is 0.621. The first kappa shape index (κ1) is 23.1. The van der Waals surface area contributed by atoms with E-state index < -0.39 is 24.4 Å². The Morgan fingerprint density at radius 2 is 1.61 bits per heavy atom. The van der Waals surface area contributed by atoms with Crippen LogP contribution in [0.3, 0.4) is 0 Å². The molecule has 0 fully saturated rings. The maximum Gasteiger partial charge on any atom is 0.325 e. The number of nitrogens with one attached hydrogen (secondary N) is 2. The Kier molecular flexibility index (Phi) is 9.14. The molecule has 1 aromatic rings. The van der Waals surface area contributed by atoms with Gasteiger partial charge in [-0.15, -0.1) is 0 Å². The predicted octanol–water partition coefficient (Wildman–Crippen LogP) is 1.33. The first-order valence-corrected chi connectivity index (χ1v) is 9.01. The van der Waals surface area contributed by atoms with Crippen molar-refractivity contribution in [2.45, 2.75) is 39.0 Å². The Morgan fingerprint density at radius 3 is 2.18 bits per heavy atom. The molecule has 0 saturated heterocycles. The fourth-order valence-corrected chi connectivity index (χ4v) is 2.19. The van der Waals surface area contributed by atoms with Gasteiger partial charge in [-0.25, -0.2) is 0 Å². The fourth-order valence-electron chi connectivity index (χ4n) is 2.19. The third-order valence-corrected chi connectivity index (χ3v) is 3.88. The van der Waals surface area contributed by atoms with Gasteiger partial charge in [-0.2, -0.15) is 0 Å². The molecule has 0 aliphatic heterocycles. The van der Waals surface area contributed by atoms with Gasteiger partial charge in [0.2, 0.25) is 0 Å². The Balaban J connectivity index is 2.27. The summed E-state index contributed by atoms with van der Waals surface area (Å²) in [6.45, 7) is 5.71. The molecule has 0 heterocycles. The van der Waals surface area contributed by atoms with Crippen LogP contribution >= 0.6 is 0 Å². The van der Waals surface area contributed by atoms with E-state index in [4.69, 9.17) is 4.74 Å². The van der Waals surface area contributed by atoms with Gasteiger partial charge in [0, 0.05) is 18.5 Å². The molecule has 0 aliphatic rings. The molecule has 0 atom stereocenters. The summed E-state index contributed by atoms with van der Waals surface area (Å²) >= 11 is 0. The molecule has 0 saturated carbocycles. The Labute approximate surface area is 165 Å². The van der Waals surface area contributed by atoms with Crippen LogP contribution in [0.2, 0.25) is 0 Å². The van der Waals surface area contributed by atoms with Crippen molar-refractivity contribution < 1.29 is 28.7 Å². The topological polar surface area (TPSA) is 111 Å². The minimum Gasteiger partial charge on any atom is -0.469 e. The zero-order valence-corrected chi connectivity index (χ0v) is 16.8. The smallest absolute Gasteiger partial charge is 0.325 e. The van der Waals surface area contributed by atoms with Crippen LogP contribution in [0.15, 0.2) is 24.3 Å². The van der Waals surface area contributed by atoms with Gasteiger partial charge in [-0.05, 0) is 29.5 Å². The van der Waals surface area contributed by atoms with Crippen LogP contribution in [0.1, 0.15) is 49.5 Å². The number of rotatable bonds is 9. The van der Waals surface area contributed by atoms with Gasteiger partial charge >= 0.3 is 11.9 Å². The highest BCUT2D eigenvalue weighted by Crippen LogP contribution is 2.22. The summed E-state index contributed by atoms with van der Waals surface area (Å²) in [5, 5.41) is 4.97. The minimum absolute atomic E-state index is 0.0152. The first-order chi connectivity index (χ1) is 13.1. The van der Waals surface area contributed by atoms with Gasteiger partial charge in [0.25, 0.3) is 11.8 Å². The zero-order valence-electron chi connectivity index (χ0n) is 16.8. The van der Waals surface area contributed by atoms with Gasteiger partial charge in [-0.3, -0.25) is 19.2 Å². The molecule has 0 aromatic heterocycles. The summed E-state index contributed by atoms with van der Waals surface area (Å²) < 4.78 is 9.28. The number of hydrogen-bond acceptors (Lipinski definition) is 6. The van der Waals surface area contributed by atoms with Gasteiger partial charge in [0.05, 0.1) is 7.11 Å². The van der Waals surface area contributed by atoms with Crippen LogP contribution in [0.5, 0.6) is 0 Å². The number of ether oxygens (including phenoxy) is 2. The van der Waals surface area contributed by atoms with Gasteiger partial charge in [-0.1, -0.05) is 32.9 Å². The quantitative estimate of drug-likeness (QED) is 0.484. The molecule has 8 nitrogen and oxygen atoms in total. The van der Waals surface area contributed by atoms with Crippen molar-refractivity contribution in [3.63, 3.8) is 0 Å². The SMILES string of the molecule is COC(=O)CCCNC(=O)COC(=O)CNC(=O)c1ccc(C(C)(C)C)cc1. The molecule has 0 unspecified atom stereocenters. The second-order valence-corrected chi connectivity index (χ2v) is 7.20. The molecule has 154 valence electrons. The number of carbonyl (C=O) groups is 4. The lowest BCUT2D eigenvalue weighted by Crippen LogP contribution is -2.34. The first-order valence-electron chi connectivity index (χ1n) is 9.01. The molecule has 2 amide bonds. The summed E-state index contributed by atoms with van der Waals surface area (Å²) in [5.41, 5.74) is 1.52. The van der Waals surface area contributed by atoms with Crippen LogP contribution in [-0.2, 0) is 29.3 Å². The molecular weight excluding hydrogens is 364 g/mol. The van der Waals surface area contributed by atoms with Crippen molar-refractivity contribution in [3.05, 3.63) is 35.4 Å². The second kappa shape index (κ2) is 11.1. The monoisotopic (exact) mass is 392 g/mol. The lowest BCUT2D eigenvalue weighted by molar-refractivity contribution is -0.147. The van der Waals surface area contributed by atoms with Crippen LogP contribution in [0.25, 0.3) is 0 Å². The van der Waals surface area contributed by atoms with Crippen molar-refractivity contribution in [1.82, 2.24) is 10.6 Å². The molecule has 28 heavy (non-hydrogen) atoms. The molecule has 1 rings (SSSR count). The maximum absolute atomic E-state index is 12.1. The molecule has 8 heteroatoms. The summed E-state index contributed by atoms with van der Waals surface area (Å²) in [7, 11) is 1.29. The summed E-state index contributed by atoms with van der Waals surface area (Å²) in [4.78, 5) is 46.2. The number of esters is 2. The fraction of sp³-hybridized carbons (Fsp3) is 0.500. The lowest BCUT2D eigenvalue weighted by Gasteiger charge is -2.19. The Morgan fingerprint density at radius 1 is 0.964 bits per heavy atom. The van der Waals surface area contributed by atoms with Crippen LogP contribution in [0.4, 0.5) is 0 Å². The van der Waals surface area contributed by atoms with Crippen LogP contribution in [0, 0.1) is 0 Å². The maximum atomic E-state index is 12.1. The van der Waals surface area contributed by atoms with E-state index >= 15 is 0 Å². The molecule has 1 aromatic carbocycles. The molecule has 0 radical (unpaired) electrons. The molecular formula is C20H28N2O6. The van der Waals surface area contributed by atoms with E-state index in [0.717, 1.165) is 5.56 Å². The average molecular weight is 392 g/mol. The standard InChI is InChI=1S/C20H28N2O6/c1-20(2,3)15-9-7-14(8-10-15)19(26)22-12-18(25)28-13-16(23)21-11-5-6-17(24)27-4/h7-10H,5-6,11-13H2,1-4H3,(H,21,23)(H,22,26). The molecule has 0 bridgehead atoms. The van der Waals surface area contributed by atoms with Crippen molar-refractivity contribution in [1.29, 1.82) is 0 Å². The van der Waals surface area contributed by atoms with Crippen LogP contribution in [-0.4, -0.2) is 50.6 Å². The van der Waals surface area contributed by atoms with Crippen molar-refractivity contribution in [2.75, 3.05) is 26.8 Å². The zero-order chi connectivity index (χ0) is 21.2. The van der Waals surface area contributed by atoms with Crippen molar-refractivity contribution in [3.8, 4) is 0 Å². The number of methoxy groups -OCH3 is 1. The van der Waals surface area contributed by atoms with Gasteiger partial charge in [0.15, 0.2) is 6.61 Å². The van der Waals surface area contributed by atoms with Crippen molar-refractivity contribution in [2.24, 2.45) is 0 Å².